The quantitative estimate of drug-likeness (QED) is 0.326. The third-order valence-electron chi connectivity index (χ3n) is 3.98. The van der Waals surface area contributed by atoms with Crippen LogP contribution in [0, 0.1) is 10.1 Å². The van der Waals surface area contributed by atoms with Crippen molar-refractivity contribution in [1.82, 2.24) is 0 Å². The number of hydrogen-bond donors (Lipinski definition) is 0. The van der Waals surface area contributed by atoms with Crippen LogP contribution in [0.15, 0.2) is 47.1 Å². The predicted molar refractivity (Wildman–Crippen MR) is 99.8 cm³/mol. The molecule has 0 radical (unpaired) electrons. The van der Waals surface area contributed by atoms with Crippen LogP contribution in [0.5, 0.6) is 17.2 Å². The van der Waals surface area contributed by atoms with Gasteiger partial charge < -0.3 is 18.9 Å². The minimum atomic E-state index is -0.675. The van der Waals surface area contributed by atoms with Crippen LogP contribution in [0.25, 0.3) is 6.08 Å². The summed E-state index contributed by atoms with van der Waals surface area (Å²) < 4.78 is 20.6. The molecule has 0 spiro atoms. The summed E-state index contributed by atoms with van der Waals surface area (Å²) in [5.41, 5.74) is 0.664. The van der Waals surface area contributed by atoms with Gasteiger partial charge in [0.05, 0.1) is 26.3 Å². The summed E-state index contributed by atoms with van der Waals surface area (Å²) in [5.74, 6) is 0.476. The van der Waals surface area contributed by atoms with Crippen LogP contribution in [0.2, 0.25) is 0 Å². The third-order valence-corrected chi connectivity index (χ3v) is 3.98. The summed E-state index contributed by atoms with van der Waals surface area (Å²) in [5, 5.41) is 11.2. The van der Waals surface area contributed by atoms with Crippen molar-refractivity contribution in [2.75, 3.05) is 21.3 Å². The first-order chi connectivity index (χ1) is 13.5. The maximum absolute atomic E-state index is 12.2. The first-order valence-corrected chi connectivity index (χ1v) is 8.04. The summed E-state index contributed by atoms with van der Waals surface area (Å²) in [6.45, 7) is 0. The fraction of sp³-hybridized carbons (Fsp3) is 0.158. The van der Waals surface area contributed by atoms with E-state index in [1.54, 1.807) is 18.2 Å². The van der Waals surface area contributed by atoms with Gasteiger partial charge in [0.15, 0.2) is 11.4 Å². The molecule has 0 N–H and O–H groups in total. The Labute approximate surface area is 160 Å². The Kier molecular flexibility index (Phi) is 5.25. The second-order valence-electron chi connectivity index (χ2n) is 5.59. The SMILES string of the molecule is COc1ccc(C=C2N=C(c3ccc(OC)c([N+](=O)[O-])c3)OC2=O)c(OC)c1. The Morgan fingerprint density at radius 3 is 2.43 bits per heavy atom. The lowest BCUT2D eigenvalue weighted by atomic mass is 10.1. The maximum atomic E-state index is 12.2. The van der Waals surface area contributed by atoms with Crippen molar-refractivity contribution in [2.24, 2.45) is 4.99 Å². The number of hydrogen-bond acceptors (Lipinski definition) is 8. The van der Waals surface area contributed by atoms with E-state index in [0.717, 1.165) is 0 Å². The summed E-state index contributed by atoms with van der Waals surface area (Å²) in [6.07, 6.45) is 1.51. The average Bonchev–Trinajstić information content (AvgIpc) is 3.08. The maximum Gasteiger partial charge on any atom is 0.363 e. The minimum absolute atomic E-state index is 0.0329. The van der Waals surface area contributed by atoms with E-state index < -0.39 is 10.9 Å². The minimum Gasteiger partial charge on any atom is -0.497 e. The van der Waals surface area contributed by atoms with Gasteiger partial charge in [-0.05, 0) is 30.3 Å². The molecule has 0 saturated heterocycles. The third kappa shape index (κ3) is 3.63. The van der Waals surface area contributed by atoms with Gasteiger partial charge in [-0.2, -0.15) is 0 Å². The molecular formula is C19H16N2O7. The van der Waals surface area contributed by atoms with Crippen molar-refractivity contribution >= 4 is 23.6 Å². The number of cyclic esters (lactones) is 1. The van der Waals surface area contributed by atoms with E-state index >= 15 is 0 Å². The van der Waals surface area contributed by atoms with Gasteiger partial charge in [-0.1, -0.05) is 0 Å². The number of benzene rings is 2. The highest BCUT2D eigenvalue weighted by Gasteiger charge is 2.27. The van der Waals surface area contributed by atoms with Crippen LogP contribution in [0.4, 0.5) is 5.69 Å². The normalized spacial score (nSPS) is 14.5. The second-order valence-corrected chi connectivity index (χ2v) is 5.59. The molecule has 9 nitrogen and oxygen atoms in total. The molecule has 0 bridgehead atoms. The molecule has 0 aromatic heterocycles. The highest BCUT2D eigenvalue weighted by atomic mass is 16.6. The van der Waals surface area contributed by atoms with Crippen molar-refractivity contribution in [3.63, 3.8) is 0 Å². The Bertz CT molecular complexity index is 1010. The zero-order valence-corrected chi connectivity index (χ0v) is 15.3. The number of rotatable bonds is 6. The Morgan fingerprint density at radius 1 is 1.04 bits per heavy atom. The van der Waals surface area contributed by atoms with Crippen molar-refractivity contribution < 1.29 is 28.7 Å². The van der Waals surface area contributed by atoms with E-state index in [0.29, 0.717) is 17.1 Å². The Morgan fingerprint density at radius 2 is 1.79 bits per heavy atom. The standard InChI is InChI=1S/C19H16N2O7/c1-25-13-6-4-11(17(10-13)27-3)8-14-19(22)28-18(20-14)12-5-7-16(26-2)15(9-12)21(23)24/h4-10H,1-3H3. The lowest BCUT2D eigenvalue weighted by molar-refractivity contribution is -0.385. The van der Waals surface area contributed by atoms with E-state index in [2.05, 4.69) is 4.99 Å². The van der Waals surface area contributed by atoms with Gasteiger partial charge in [-0.15, -0.1) is 0 Å². The van der Waals surface area contributed by atoms with Gasteiger partial charge in [0.25, 0.3) is 0 Å². The summed E-state index contributed by atoms with van der Waals surface area (Å²) in [7, 11) is 4.36. The van der Waals surface area contributed by atoms with Crippen molar-refractivity contribution in [1.29, 1.82) is 0 Å². The Balaban J connectivity index is 1.99. The van der Waals surface area contributed by atoms with Gasteiger partial charge in [-0.25, -0.2) is 9.79 Å². The highest BCUT2D eigenvalue weighted by molar-refractivity contribution is 6.13. The van der Waals surface area contributed by atoms with Crippen LogP contribution in [-0.2, 0) is 9.53 Å². The number of carbonyl (C=O) groups is 1. The molecule has 9 heteroatoms. The summed E-state index contributed by atoms with van der Waals surface area (Å²) in [4.78, 5) is 27.0. The second kappa shape index (κ2) is 7.78. The Hall–Kier alpha value is -3.88. The number of methoxy groups -OCH3 is 3. The number of nitro groups is 1. The summed E-state index contributed by atoms with van der Waals surface area (Å²) in [6, 6.07) is 9.27. The van der Waals surface area contributed by atoms with E-state index in [4.69, 9.17) is 18.9 Å². The number of nitro benzene ring substituents is 1. The highest BCUT2D eigenvalue weighted by Crippen LogP contribution is 2.31. The smallest absolute Gasteiger partial charge is 0.363 e. The molecule has 0 unspecified atom stereocenters. The molecule has 144 valence electrons. The lowest BCUT2D eigenvalue weighted by Crippen LogP contribution is -2.06. The van der Waals surface area contributed by atoms with Gasteiger partial charge in [0, 0.05) is 23.3 Å². The topological polar surface area (TPSA) is 109 Å². The number of ether oxygens (including phenoxy) is 4. The van der Waals surface area contributed by atoms with Crippen molar-refractivity contribution in [2.45, 2.75) is 0 Å². The van der Waals surface area contributed by atoms with Gasteiger partial charge in [0.2, 0.25) is 5.90 Å². The van der Waals surface area contributed by atoms with E-state index in [1.165, 1.54) is 45.6 Å². The average molecular weight is 384 g/mol. The zero-order valence-electron chi connectivity index (χ0n) is 15.3. The van der Waals surface area contributed by atoms with Crippen molar-refractivity contribution in [3.05, 3.63) is 63.3 Å². The van der Waals surface area contributed by atoms with Crippen LogP contribution in [0.3, 0.4) is 0 Å². The summed E-state index contributed by atoms with van der Waals surface area (Å²) >= 11 is 0. The first-order valence-electron chi connectivity index (χ1n) is 8.04. The lowest BCUT2D eigenvalue weighted by Gasteiger charge is -2.07. The number of nitrogens with zero attached hydrogens (tertiary/aromatic N) is 2. The molecule has 0 saturated carbocycles. The molecule has 28 heavy (non-hydrogen) atoms. The first kappa shape index (κ1) is 18.9. The predicted octanol–water partition coefficient (Wildman–Crippen LogP) is 2.97. The van der Waals surface area contributed by atoms with Gasteiger partial charge in [-0.3, -0.25) is 10.1 Å². The molecule has 1 aliphatic heterocycles. The van der Waals surface area contributed by atoms with E-state index in [9.17, 15) is 14.9 Å². The molecule has 1 aliphatic rings. The fourth-order valence-electron chi connectivity index (χ4n) is 2.58. The number of esters is 1. The van der Waals surface area contributed by atoms with Crippen LogP contribution < -0.4 is 14.2 Å². The molecule has 0 fully saturated rings. The molecule has 0 aliphatic carbocycles. The van der Waals surface area contributed by atoms with E-state index in [-0.39, 0.29) is 28.6 Å². The molecule has 1 heterocycles. The van der Waals surface area contributed by atoms with Gasteiger partial charge >= 0.3 is 11.7 Å². The molecule has 3 rings (SSSR count). The number of carbonyl (C=O) groups excluding carboxylic acids is 1. The molecule has 0 amide bonds. The molecular weight excluding hydrogens is 368 g/mol. The number of aliphatic imine (C=N–C) groups is 1. The zero-order chi connectivity index (χ0) is 20.3. The molecule has 0 atom stereocenters. The largest absolute Gasteiger partial charge is 0.497 e. The van der Waals surface area contributed by atoms with Crippen molar-refractivity contribution in [3.8, 4) is 17.2 Å². The van der Waals surface area contributed by atoms with E-state index in [1.807, 2.05) is 0 Å². The fourth-order valence-corrected chi connectivity index (χ4v) is 2.58. The molecule has 2 aromatic rings. The van der Waals surface area contributed by atoms with Crippen LogP contribution in [-0.4, -0.2) is 38.1 Å². The van der Waals surface area contributed by atoms with Crippen LogP contribution >= 0.6 is 0 Å². The molecule has 2 aromatic carbocycles. The van der Waals surface area contributed by atoms with Gasteiger partial charge in [0.1, 0.15) is 11.5 Å². The van der Waals surface area contributed by atoms with Crippen LogP contribution in [0.1, 0.15) is 11.1 Å². The monoisotopic (exact) mass is 384 g/mol.